The van der Waals surface area contributed by atoms with E-state index in [2.05, 4.69) is 10.6 Å². The molecule has 1 fully saturated rings. The second-order valence-corrected chi connectivity index (χ2v) is 6.95. The van der Waals surface area contributed by atoms with Crippen molar-refractivity contribution in [3.8, 4) is 0 Å². The monoisotopic (exact) mass is 310 g/mol. The van der Waals surface area contributed by atoms with Gasteiger partial charge in [-0.15, -0.1) is 0 Å². The van der Waals surface area contributed by atoms with Crippen molar-refractivity contribution in [3.05, 3.63) is 34.3 Å². The van der Waals surface area contributed by atoms with E-state index in [9.17, 15) is 4.79 Å². The Kier molecular flexibility index (Phi) is 4.79. The number of hydrogen-bond donors (Lipinski definition) is 2. The zero-order valence-electron chi connectivity index (χ0n) is 13.0. The van der Waals surface area contributed by atoms with Gasteiger partial charge >= 0.3 is 6.09 Å². The lowest BCUT2D eigenvalue weighted by Crippen LogP contribution is -2.42. The van der Waals surface area contributed by atoms with Gasteiger partial charge in [-0.3, -0.25) is 0 Å². The molecular formula is C16H23ClN2O2. The highest BCUT2D eigenvalue weighted by molar-refractivity contribution is 6.31. The van der Waals surface area contributed by atoms with Crippen molar-refractivity contribution >= 4 is 17.7 Å². The molecule has 1 saturated heterocycles. The Labute approximate surface area is 131 Å². The first kappa shape index (κ1) is 16.1. The van der Waals surface area contributed by atoms with E-state index in [1.807, 2.05) is 45.9 Å². The Morgan fingerprint density at radius 2 is 2.10 bits per heavy atom. The Hall–Kier alpha value is -1.26. The molecule has 0 radical (unpaired) electrons. The fourth-order valence-corrected chi connectivity index (χ4v) is 2.92. The van der Waals surface area contributed by atoms with Gasteiger partial charge in [-0.25, -0.2) is 4.79 Å². The molecule has 0 bridgehead atoms. The predicted octanol–water partition coefficient (Wildman–Crippen LogP) is 3.23. The molecule has 1 aliphatic rings. The van der Waals surface area contributed by atoms with Crippen LogP contribution in [0.5, 0.6) is 0 Å². The van der Waals surface area contributed by atoms with Gasteiger partial charge in [0.2, 0.25) is 0 Å². The molecule has 0 aromatic heterocycles. The van der Waals surface area contributed by atoms with Crippen LogP contribution in [-0.2, 0) is 4.74 Å². The third-order valence-corrected chi connectivity index (χ3v) is 3.80. The van der Waals surface area contributed by atoms with Crippen LogP contribution in [0.15, 0.2) is 18.2 Å². The minimum atomic E-state index is -0.493. The first-order chi connectivity index (χ1) is 9.76. The average Bonchev–Trinajstić information content (AvgIpc) is 2.74. The summed E-state index contributed by atoms with van der Waals surface area (Å²) in [6.45, 7) is 9.09. The SMILES string of the molecule is Cc1ccc([C@H]2CNC[C@H]2NC(=O)OC(C)(C)C)c(Cl)c1. The molecule has 1 aromatic rings. The van der Waals surface area contributed by atoms with Crippen LogP contribution in [0, 0.1) is 6.92 Å². The van der Waals surface area contributed by atoms with Gasteiger partial charge in [-0.1, -0.05) is 23.7 Å². The smallest absolute Gasteiger partial charge is 0.407 e. The number of rotatable bonds is 2. The van der Waals surface area contributed by atoms with Crippen LogP contribution < -0.4 is 10.6 Å². The van der Waals surface area contributed by atoms with Gasteiger partial charge in [0, 0.05) is 24.0 Å². The quantitative estimate of drug-likeness (QED) is 0.882. The zero-order valence-corrected chi connectivity index (χ0v) is 13.8. The highest BCUT2D eigenvalue weighted by Gasteiger charge is 2.32. The number of hydrogen-bond acceptors (Lipinski definition) is 3. The van der Waals surface area contributed by atoms with E-state index in [0.29, 0.717) is 6.54 Å². The van der Waals surface area contributed by atoms with Crippen LogP contribution >= 0.6 is 11.6 Å². The fraction of sp³-hybridized carbons (Fsp3) is 0.562. The van der Waals surface area contributed by atoms with Gasteiger partial charge in [0.25, 0.3) is 0 Å². The van der Waals surface area contributed by atoms with Gasteiger partial charge < -0.3 is 15.4 Å². The third kappa shape index (κ3) is 4.35. The van der Waals surface area contributed by atoms with Crippen LogP contribution in [0.25, 0.3) is 0 Å². The van der Waals surface area contributed by atoms with Crippen molar-refractivity contribution in [2.45, 2.75) is 45.3 Å². The summed E-state index contributed by atoms with van der Waals surface area (Å²) in [4.78, 5) is 11.9. The number of ether oxygens (including phenoxy) is 1. The lowest BCUT2D eigenvalue weighted by molar-refractivity contribution is 0.0504. The number of carbonyl (C=O) groups excluding carboxylic acids is 1. The maximum atomic E-state index is 11.9. The van der Waals surface area contributed by atoms with Gasteiger partial charge in [-0.05, 0) is 44.9 Å². The predicted molar refractivity (Wildman–Crippen MR) is 85.0 cm³/mol. The summed E-state index contributed by atoms with van der Waals surface area (Å²) < 4.78 is 5.32. The van der Waals surface area contributed by atoms with E-state index in [1.54, 1.807) is 0 Å². The summed E-state index contributed by atoms with van der Waals surface area (Å²) in [5.41, 5.74) is 1.70. The summed E-state index contributed by atoms with van der Waals surface area (Å²) in [7, 11) is 0. The highest BCUT2D eigenvalue weighted by Crippen LogP contribution is 2.30. The molecule has 1 amide bonds. The molecule has 2 rings (SSSR count). The molecule has 5 heteroatoms. The van der Waals surface area contributed by atoms with Crippen LogP contribution in [0.3, 0.4) is 0 Å². The Morgan fingerprint density at radius 3 is 2.71 bits per heavy atom. The third-order valence-electron chi connectivity index (χ3n) is 3.47. The lowest BCUT2D eigenvalue weighted by Gasteiger charge is -2.25. The van der Waals surface area contributed by atoms with E-state index in [4.69, 9.17) is 16.3 Å². The molecule has 0 saturated carbocycles. The normalized spacial score (nSPS) is 22.1. The molecule has 2 atom stereocenters. The Morgan fingerprint density at radius 1 is 1.38 bits per heavy atom. The van der Waals surface area contributed by atoms with Crippen LogP contribution in [0.2, 0.25) is 5.02 Å². The van der Waals surface area contributed by atoms with Crippen molar-refractivity contribution in [1.82, 2.24) is 10.6 Å². The first-order valence-corrected chi connectivity index (χ1v) is 7.60. The number of carbonyl (C=O) groups is 1. The molecule has 2 N–H and O–H groups in total. The van der Waals surface area contributed by atoms with Crippen molar-refractivity contribution < 1.29 is 9.53 Å². The second kappa shape index (κ2) is 6.24. The summed E-state index contributed by atoms with van der Waals surface area (Å²) >= 11 is 6.35. The molecule has 0 unspecified atom stereocenters. The number of alkyl carbamates (subject to hydrolysis) is 1. The van der Waals surface area contributed by atoms with Gasteiger partial charge in [0.1, 0.15) is 5.60 Å². The summed E-state index contributed by atoms with van der Waals surface area (Å²) in [6.07, 6.45) is -0.385. The minimum absolute atomic E-state index is 0.0138. The number of benzene rings is 1. The second-order valence-electron chi connectivity index (χ2n) is 6.54. The first-order valence-electron chi connectivity index (χ1n) is 7.22. The molecular weight excluding hydrogens is 288 g/mol. The standard InChI is InChI=1S/C16H23ClN2O2/c1-10-5-6-11(13(17)7-10)12-8-18-9-14(12)19-15(20)21-16(2,3)4/h5-7,12,14,18H,8-9H2,1-4H3,(H,19,20)/t12-,14-/m1/s1. The van der Waals surface area contributed by atoms with E-state index in [0.717, 1.165) is 22.7 Å². The fourth-order valence-electron chi connectivity index (χ4n) is 2.55. The molecule has 4 nitrogen and oxygen atoms in total. The molecule has 21 heavy (non-hydrogen) atoms. The number of nitrogens with one attached hydrogen (secondary N) is 2. The molecule has 1 aliphatic heterocycles. The van der Waals surface area contributed by atoms with Crippen molar-refractivity contribution in [3.63, 3.8) is 0 Å². The van der Waals surface area contributed by atoms with Crippen LogP contribution in [-0.4, -0.2) is 30.8 Å². The molecule has 1 heterocycles. The Bertz CT molecular complexity index is 525. The summed E-state index contributed by atoms with van der Waals surface area (Å²) in [5, 5.41) is 7.00. The average molecular weight is 311 g/mol. The highest BCUT2D eigenvalue weighted by atomic mass is 35.5. The number of halogens is 1. The number of aryl methyl sites for hydroxylation is 1. The Balaban J connectivity index is 2.08. The topological polar surface area (TPSA) is 50.4 Å². The van der Waals surface area contributed by atoms with E-state index < -0.39 is 5.60 Å². The molecule has 116 valence electrons. The maximum Gasteiger partial charge on any atom is 0.407 e. The maximum absolute atomic E-state index is 11.9. The number of amides is 1. The van der Waals surface area contributed by atoms with Crippen LogP contribution in [0.4, 0.5) is 4.79 Å². The van der Waals surface area contributed by atoms with E-state index in [-0.39, 0.29) is 18.1 Å². The molecule has 1 aromatic carbocycles. The van der Waals surface area contributed by atoms with Crippen molar-refractivity contribution in [1.29, 1.82) is 0 Å². The van der Waals surface area contributed by atoms with Gasteiger partial charge in [0.15, 0.2) is 0 Å². The lowest BCUT2D eigenvalue weighted by atomic mass is 9.93. The van der Waals surface area contributed by atoms with Gasteiger partial charge in [-0.2, -0.15) is 0 Å². The largest absolute Gasteiger partial charge is 0.444 e. The van der Waals surface area contributed by atoms with Gasteiger partial charge in [0.05, 0.1) is 6.04 Å². The van der Waals surface area contributed by atoms with Crippen molar-refractivity contribution in [2.75, 3.05) is 13.1 Å². The zero-order chi connectivity index (χ0) is 15.6. The minimum Gasteiger partial charge on any atom is -0.444 e. The molecule has 0 spiro atoms. The van der Waals surface area contributed by atoms with E-state index >= 15 is 0 Å². The van der Waals surface area contributed by atoms with Crippen LogP contribution in [0.1, 0.15) is 37.8 Å². The van der Waals surface area contributed by atoms with Crippen molar-refractivity contribution in [2.24, 2.45) is 0 Å². The summed E-state index contributed by atoms with van der Waals surface area (Å²) in [5.74, 6) is 0.158. The summed E-state index contributed by atoms with van der Waals surface area (Å²) in [6, 6.07) is 6.03. The van der Waals surface area contributed by atoms with E-state index in [1.165, 1.54) is 0 Å². The molecule has 0 aliphatic carbocycles.